The number of nitrogens with one attached hydrogen (secondary N) is 1. The lowest BCUT2D eigenvalue weighted by molar-refractivity contribution is 0.0670. The van der Waals surface area contributed by atoms with Gasteiger partial charge >= 0.3 is 10.3 Å². The molecule has 0 unspecified atom stereocenters. The SMILES string of the molecule is Cc1sc(C(=O)c2cncnc2N[C@@H]2C[C@H](COS(N)(=O)=O)[C@@H](O)C2)nc1[C@@H]1OCCc2ccc(Cl)cc21. The lowest BCUT2D eigenvalue weighted by Gasteiger charge is -2.25. The number of nitrogens with two attached hydrogens (primary N) is 1. The van der Waals surface area contributed by atoms with Crippen molar-refractivity contribution in [3.63, 3.8) is 0 Å². The van der Waals surface area contributed by atoms with Crippen molar-refractivity contribution in [2.24, 2.45) is 11.1 Å². The van der Waals surface area contributed by atoms with Gasteiger partial charge in [-0.05, 0) is 49.4 Å². The molecule has 38 heavy (non-hydrogen) atoms. The second-order valence-electron chi connectivity index (χ2n) is 9.34. The van der Waals surface area contributed by atoms with Crippen molar-refractivity contribution in [1.82, 2.24) is 15.0 Å². The zero-order valence-electron chi connectivity index (χ0n) is 20.3. The second kappa shape index (κ2) is 10.9. The fourth-order valence-corrected chi connectivity index (χ4v) is 6.33. The smallest absolute Gasteiger partial charge is 0.333 e. The van der Waals surface area contributed by atoms with Gasteiger partial charge in [0.25, 0.3) is 0 Å². The number of carbonyl (C=O) groups is 1. The maximum absolute atomic E-state index is 13.5. The molecule has 1 saturated carbocycles. The summed E-state index contributed by atoms with van der Waals surface area (Å²) in [6.45, 7) is 2.21. The summed E-state index contributed by atoms with van der Waals surface area (Å²) in [6, 6.07) is 5.46. The number of ether oxygens (including phenoxy) is 1. The highest BCUT2D eigenvalue weighted by atomic mass is 35.5. The maximum atomic E-state index is 13.5. The summed E-state index contributed by atoms with van der Waals surface area (Å²) in [7, 11) is -4.11. The third kappa shape index (κ3) is 5.88. The number of rotatable bonds is 8. The van der Waals surface area contributed by atoms with Crippen molar-refractivity contribution in [2.75, 3.05) is 18.5 Å². The number of fused-ring (bicyclic) bond motifs is 1. The van der Waals surface area contributed by atoms with Crippen molar-refractivity contribution >= 4 is 44.8 Å². The van der Waals surface area contributed by atoms with Gasteiger partial charge in [-0.3, -0.25) is 8.98 Å². The number of aliphatic hydroxyl groups excluding tert-OH is 1. The molecule has 0 radical (unpaired) electrons. The molecule has 14 heteroatoms. The molecule has 4 atom stereocenters. The number of carbonyl (C=O) groups excluding carboxylic acids is 1. The Bertz CT molecular complexity index is 1470. The van der Waals surface area contributed by atoms with Crippen LogP contribution in [0.1, 0.15) is 56.0 Å². The Morgan fingerprint density at radius 2 is 2.18 bits per heavy atom. The van der Waals surface area contributed by atoms with Crippen LogP contribution in [0.3, 0.4) is 0 Å². The van der Waals surface area contributed by atoms with Gasteiger partial charge in [-0.1, -0.05) is 17.7 Å². The normalized spacial score (nSPS) is 23.3. The van der Waals surface area contributed by atoms with Gasteiger partial charge in [-0.2, -0.15) is 8.42 Å². The zero-order valence-corrected chi connectivity index (χ0v) is 22.7. The number of hydrogen-bond acceptors (Lipinski definition) is 11. The monoisotopic (exact) mass is 579 g/mol. The number of aliphatic hydroxyl groups is 1. The molecule has 0 amide bonds. The standard InChI is InChI=1S/C24H26ClN5O6S2/c1-12-20(22-17-7-15(25)3-2-13(17)4-5-35-22)30-24(37-12)21(32)18-9-27-11-28-23(18)29-16-6-14(19(31)8-16)10-36-38(26,33)34/h2-3,7,9,11,14,16,19,22,31H,4-6,8,10H2,1H3,(H2,26,33,34)(H,27,28,29)/t14-,16-,19+,22-/m1/s1. The topological polar surface area (TPSA) is 167 Å². The fourth-order valence-electron chi connectivity index (χ4n) is 4.89. The predicted molar refractivity (Wildman–Crippen MR) is 140 cm³/mol. The van der Waals surface area contributed by atoms with E-state index in [0.717, 1.165) is 22.4 Å². The summed E-state index contributed by atoms with van der Waals surface area (Å²) in [5.74, 6) is -0.485. The van der Waals surface area contributed by atoms with Crippen molar-refractivity contribution in [1.29, 1.82) is 0 Å². The summed E-state index contributed by atoms with van der Waals surface area (Å²) < 4.78 is 32.9. The Kier molecular flexibility index (Phi) is 7.78. The highest BCUT2D eigenvalue weighted by Gasteiger charge is 2.35. The molecule has 4 N–H and O–H groups in total. The number of benzene rings is 1. The van der Waals surface area contributed by atoms with Gasteiger partial charge in [-0.25, -0.2) is 20.1 Å². The van der Waals surface area contributed by atoms with Gasteiger partial charge < -0.3 is 15.2 Å². The number of thiazole rings is 1. The molecule has 3 heterocycles. The number of aryl methyl sites for hydroxylation is 1. The van der Waals surface area contributed by atoms with Gasteiger partial charge in [0, 0.05) is 28.1 Å². The molecule has 0 spiro atoms. The van der Waals surface area contributed by atoms with Gasteiger partial charge in [0.2, 0.25) is 5.78 Å². The quantitative estimate of drug-likeness (QED) is 0.337. The third-order valence-corrected chi connectivity index (χ3v) is 8.41. The predicted octanol–water partition coefficient (Wildman–Crippen LogP) is 2.56. The van der Waals surface area contributed by atoms with Crippen LogP contribution in [-0.4, -0.2) is 59.6 Å². The zero-order chi connectivity index (χ0) is 27.0. The maximum Gasteiger partial charge on any atom is 0.333 e. The second-order valence-corrected chi connectivity index (χ2v) is 12.2. The Hall–Kier alpha value is -2.52. The van der Waals surface area contributed by atoms with E-state index in [-0.39, 0.29) is 29.0 Å². The van der Waals surface area contributed by atoms with Gasteiger partial charge in [0.1, 0.15) is 18.2 Å². The van der Waals surface area contributed by atoms with Crippen molar-refractivity contribution in [3.05, 3.63) is 68.0 Å². The first-order chi connectivity index (χ1) is 18.1. The molecule has 5 rings (SSSR count). The fraction of sp³-hybridized carbons (Fsp3) is 0.417. The van der Waals surface area contributed by atoms with E-state index in [0.29, 0.717) is 36.0 Å². The van der Waals surface area contributed by atoms with E-state index in [4.69, 9.17) is 21.5 Å². The summed E-state index contributed by atoms with van der Waals surface area (Å²) in [5.41, 5.74) is 2.99. The van der Waals surface area contributed by atoms with E-state index < -0.39 is 28.4 Å². The molecule has 202 valence electrons. The minimum absolute atomic E-state index is 0.230. The molecule has 1 fully saturated rings. The summed E-state index contributed by atoms with van der Waals surface area (Å²) in [6.07, 6.45) is 3.02. The molecule has 1 aliphatic carbocycles. The van der Waals surface area contributed by atoms with Crippen molar-refractivity contribution < 1.29 is 27.2 Å². The molecule has 3 aromatic rings. The van der Waals surface area contributed by atoms with Crippen LogP contribution in [0.25, 0.3) is 0 Å². The van der Waals surface area contributed by atoms with Gasteiger partial charge in [0.15, 0.2) is 5.01 Å². The van der Waals surface area contributed by atoms with E-state index in [1.165, 1.54) is 23.9 Å². The Labute approximate surface area is 228 Å². The van der Waals surface area contributed by atoms with E-state index in [1.807, 2.05) is 25.1 Å². The molecular formula is C24H26ClN5O6S2. The van der Waals surface area contributed by atoms with Gasteiger partial charge in [-0.15, -0.1) is 11.3 Å². The highest BCUT2D eigenvalue weighted by Crippen LogP contribution is 2.37. The minimum atomic E-state index is -4.11. The van der Waals surface area contributed by atoms with Crippen LogP contribution in [0.2, 0.25) is 5.02 Å². The number of anilines is 1. The highest BCUT2D eigenvalue weighted by molar-refractivity contribution is 7.84. The first-order valence-corrected chi connectivity index (χ1v) is 14.6. The lowest BCUT2D eigenvalue weighted by atomic mass is 9.95. The largest absolute Gasteiger partial charge is 0.393 e. The Balaban J connectivity index is 1.35. The lowest BCUT2D eigenvalue weighted by Crippen LogP contribution is -2.24. The summed E-state index contributed by atoms with van der Waals surface area (Å²) in [5, 5.41) is 19.3. The van der Waals surface area contributed by atoms with E-state index in [9.17, 15) is 18.3 Å². The molecule has 2 aliphatic rings. The van der Waals surface area contributed by atoms with Crippen LogP contribution < -0.4 is 10.5 Å². The van der Waals surface area contributed by atoms with E-state index in [2.05, 4.69) is 24.5 Å². The number of ketones is 1. The summed E-state index contributed by atoms with van der Waals surface area (Å²) >= 11 is 7.51. The van der Waals surface area contributed by atoms with Crippen LogP contribution in [0, 0.1) is 12.8 Å². The molecule has 1 aliphatic heterocycles. The van der Waals surface area contributed by atoms with Crippen LogP contribution in [0.15, 0.2) is 30.7 Å². The Morgan fingerprint density at radius 1 is 1.37 bits per heavy atom. The molecule has 2 aromatic heterocycles. The first-order valence-electron chi connectivity index (χ1n) is 11.9. The van der Waals surface area contributed by atoms with E-state index >= 15 is 0 Å². The average molecular weight is 580 g/mol. The molecular weight excluding hydrogens is 554 g/mol. The van der Waals surface area contributed by atoms with Crippen LogP contribution in [0.5, 0.6) is 0 Å². The number of nitrogens with zero attached hydrogens (tertiary/aromatic N) is 3. The molecule has 11 nitrogen and oxygen atoms in total. The average Bonchev–Trinajstić information content (AvgIpc) is 3.43. The number of halogens is 1. The van der Waals surface area contributed by atoms with Crippen LogP contribution >= 0.6 is 22.9 Å². The van der Waals surface area contributed by atoms with Crippen molar-refractivity contribution in [3.8, 4) is 0 Å². The third-order valence-electron chi connectivity index (χ3n) is 6.72. The number of aromatic nitrogens is 3. The Morgan fingerprint density at radius 3 is 2.97 bits per heavy atom. The molecule has 0 bridgehead atoms. The molecule has 0 saturated heterocycles. The molecule has 1 aromatic carbocycles. The van der Waals surface area contributed by atoms with E-state index in [1.54, 1.807) is 0 Å². The number of hydrogen-bond donors (Lipinski definition) is 3. The van der Waals surface area contributed by atoms with Crippen LogP contribution in [0.4, 0.5) is 5.82 Å². The summed E-state index contributed by atoms with van der Waals surface area (Å²) in [4.78, 5) is 27.4. The first kappa shape index (κ1) is 27.1. The van der Waals surface area contributed by atoms with Crippen LogP contribution in [-0.2, 0) is 25.6 Å². The minimum Gasteiger partial charge on any atom is -0.393 e. The van der Waals surface area contributed by atoms with Gasteiger partial charge in [0.05, 0.1) is 30.6 Å². The van der Waals surface area contributed by atoms with Crippen molar-refractivity contribution in [2.45, 2.75) is 44.4 Å².